The van der Waals surface area contributed by atoms with Gasteiger partial charge in [-0.15, -0.1) is 23.5 Å². The predicted octanol–water partition coefficient (Wildman–Crippen LogP) is 5.91. The lowest BCUT2D eigenvalue weighted by molar-refractivity contribution is -0.116. The van der Waals surface area contributed by atoms with E-state index in [1.165, 1.54) is 22.6 Å². The molecule has 2 aromatic carbocycles. The van der Waals surface area contributed by atoms with Crippen LogP contribution in [0.4, 0.5) is 5.69 Å². The Balaban J connectivity index is 1.32. The molecule has 1 aliphatic heterocycles. The standard InChI is InChI=1S/C23H25N3O2S2/c1-15(2)16-6-8-17(9-7-16)22-25-21(28-26-22)11-10-20(27)24-19-5-3-4-18(14-19)23-29-12-13-30-23/h3-9,14-15,23H,10-13H2,1-2H3,(H,24,27). The molecule has 1 fully saturated rings. The summed E-state index contributed by atoms with van der Waals surface area (Å²) in [6.07, 6.45) is 0.710. The molecule has 30 heavy (non-hydrogen) atoms. The van der Waals surface area contributed by atoms with Gasteiger partial charge in [-0.25, -0.2) is 0 Å². The molecule has 1 amide bonds. The molecule has 0 bridgehead atoms. The topological polar surface area (TPSA) is 68.0 Å². The summed E-state index contributed by atoms with van der Waals surface area (Å²) >= 11 is 3.91. The highest BCUT2D eigenvalue weighted by molar-refractivity contribution is 8.19. The molecule has 4 rings (SSSR count). The summed E-state index contributed by atoms with van der Waals surface area (Å²) < 4.78 is 5.80. The van der Waals surface area contributed by atoms with Crippen molar-refractivity contribution in [1.82, 2.24) is 10.1 Å². The molecule has 0 atom stereocenters. The summed E-state index contributed by atoms with van der Waals surface area (Å²) in [6, 6.07) is 16.3. The van der Waals surface area contributed by atoms with Crippen molar-refractivity contribution in [2.75, 3.05) is 16.8 Å². The average molecular weight is 440 g/mol. The number of carbonyl (C=O) groups excluding carboxylic acids is 1. The SMILES string of the molecule is CC(C)c1ccc(-c2noc(CCC(=O)Nc3cccc(C4SCCS4)c3)n2)cc1. The largest absolute Gasteiger partial charge is 0.339 e. The van der Waals surface area contributed by atoms with Gasteiger partial charge in [-0.3, -0.25) is 4.79 Å². The molecule has 0 saturated carbocycles. The third-order valence-corrected chi connectivity index (χ3v) is 8.04. The summed E-state index contributed by atoms with van der Waals surface area (Å²) in [5.41, 5.74) is 4.28. The Morgan fingerprint density at radius 1 is 1.17 bits per heavy atom. The van der Waals surface area contributed by atoms with Crippen molar-refractivity contribution < 1.29 is 9.32 Å². The lowest BCUT2D eigenvalue weighted by Gasteiger charge is -2.11. The highest BCUT2D eigenvalue weighted by atomic mass is 32.2. The van der Waals surface area contributed by atoms with E-state index in [0.29, 0.717) is 35.1 Å². The van der Waals surface area contributed by atoms with E-state index >= 15 is 0 Å². The van der Waals surface area contributed by atoms with E-state index in [2.05, 4.69) is 53.6 Å². The minimum atomic E-state index is -0.0556. The van der Waals surface area contributed by atoms with Crippen molar-refractivity contribution in [2.45, 2.75) is 37.2 Å². The molecule has 2 heterocycles. The Labute approximate surface area is 185 Å². The van der Waals surface area contributed by atoms with E-state index in [-0.39, 0.29) is 5.91 Å². The fourth-order valence-electron chi connectivity index (χ4n) is 3.25. The molecular formula is C23H25N3O2S2. The average Bonchev–Trinajstić information content (AvgIpc) is 3.45. The molecule has 0 unspecified atom stereocenters. The number of thioether (sulfide) groups is 2. The molecular weight excluding hydrogens is 414 g/mol. The maximum absolute atomic E-state index is 12.4. The number of benzene rings is 2. The van der Waals surface area contributed by atoms with Crippen molar-refractivity contribution in [3.05, 3.63) is 65.5 Å². The monoisotopic (exact) mass is 439 g/mol. The van der Waals surface area contributed by atoms with Crippen molar-refractivity contribution >= 4 is 35.1 Å². The minimum absolute atomic E-state index is 0.0556. The van der Waals surface area contributed by atoms with Gasteiger partial charge in [0, 0.05) is 35.6 Å². The van der Waals surface area contributed by atoms with Gasteiger partial charge < -0.3 is 9.84 Å². The van der Waals surface area contributed by atoms with E-state index in [1.807, 2.05) is 47.8 Å². The molecule has 5 nitrogen and oxygen atoms in total. The number of carbonyl (C=O) groups is 1. The van der Waals surface area contributed by atoms with Gasteiger partial charge in [0.2, 0.25) is 17.6 Å². The van der Waals surface area contributed by atoms with Crippen LogP contribution in [0.2, 0.25) is 0 Å². The van der Waals surface area contributed by atoms with E-state index in [0.717, 1.165) is 11.3 Å². The number of hydrogen-bond donors (Lipinski definition) is 1. The van der Waals surface area contributed by atoms with Crippen LogP contribution >= 0.6 is 23.5 Å². The first-order chi connectivity index (χ1) is 14.6. The van der Waals surface area contributed by atoms with Crippen LogP contribution in [0.5, 0.6) is 0 Å². The molecule has 1 aliphatic rings. The molecule has 7 heteroatoms. The predicted molar refractivity (Wildman–Crippen MR) is 125 cm³/mol. The van der Waals surface area contributed by atoms with Crippen LogP contribution in [0, 0.1) is 0 Å². The lowest BCUT2D eigenvalue weighted by atomic mass is 10.0. The van der Waals surface area contributed by atoms with E-state index in [9.17, 15) is 4.79 Å². The minimum Gasteiger partial charge on any atom is -0.339 e. The molecule has 0 spiro atoms. The van der Waals surface area contributed by atoms with Gasteiger partial charge in [0.25, 0.3) is 0 Å². The summed E-state index contributed by atoms with van der Waals surface area (Å²) in [4.78, 5) is 16.8. The Hall–Kier alpha value is -2.25. The Morgan fingerprint density at radius 3 is 2.67 bits per heavy atom. The second-order valence-electron chi connectivity index (χ2n) is 7.54. The van der Waals surface area contributed by atoms with E-state index in [1.54, 1.807) is 0 Å². The summed E-state index contributed by atoms with van der Waals surface area (Å²) in [5, 5.41) is 7.04. The van der Waals surface area contributed by atoms with Gasteiger partial charge in [0.05, 0.1) is 4.58 Å². The zero-order valence-electron chi connectivity index (χ0n) is 17.1. The molecule has 0 radical (unpaired) electrons. The summed E-state index contributed by atoms with van der Waals surface area (Å²) in [6.45, 7) is 4.32. The van der Waals surface area contributed by atoms with Crippen LogP contribution in [0.25, 0.3) is 11.4 Å². The first-order valence-electron chi connectivity index (χ1n) is 10.1. The van der Waals surface area contributed by atoms with Crippen LogP contribution in [0.3, 0.4) is 0 Å². The molecule has 1 N–H and O–H groups in total. The van der Waals surface area contributed by atoms with Gasteiger partial charge in [-0.05, 0) is 29.2 Å². The number of nitrogens with one attached hydrogen (secondary N) is 1. The highest BCUT2D eigenvalue weighted by Crippen LogP contribution is 2.45. The van der Waals surface area contributed by atoms with Gasteiger partial charge in [-0.1, -0.05) is 55.4 Å². The first-order valence-corrected chi connectivity index (χ1v) is 12.2. The van der Waals surface area contributed by atoms with Crippen LogP contribution in [-0.2, 0) is 11.2 Å². The zero-order chi connectivity index (χ0) is 20.9. The summed E-state index contributed by atoms with van der Waals surface area (Å²) in [5.74, 6) is 3.81. The fraction of sp³-hybridized carbons (Fsp3) is 0.348. The fourth-order valence-corrected chi connectivity index (χ4v) is 6.09. The number of anilines is 1. The molecule has 156 valence electrons. The summed E-state index contributed by atoms with van der Waals surface area (Å²) in [7, 11) is 0. The third kappa shape index (κ3) is 5.26. The third-order valence-electron chi connectivity index (χ3n) is 4.93. The van der Waals surface area contributed by atoms with Crippen LogP contribution in [0.15, 0.2) is 53.1 Å². The first kappa shape index (κ1) is 21.0. The zero-order valence-corrected chi connectivity index (χ0v) is 18.8. The van der Waals surface area contributed by atoms with E-state index in [4.69, 9.17) is 4.52 Å². The van der Waals surface area contributed by atoms with E-state index < -0.39 is 0 Å². The highest BCUT2D eigenvalue weighted by Gasteiger charge is 2.18. The normalized spacial score (nSPS) is 14.4. The van der Waals surface area contributed by atoms with Gasteiger partial charge in [0.1, 0.15) is 0 Å². The maximum Gasteiger partial charge on any atom is 0.227 e. The number of aryl methyl sites for hydroxylation is 1. The lowest BCUT2D eigenvalue weighted by Crippen LogP contribution is -2.12. The molecule has 1 saturated heterocycles. The van der Waals surface area contributed by atoms with Crippen molar-refractivity contribution in [3.8, 4) is 11.4 Å². The quantitative estimate of drug-likeness (QED) is 0.494. The number of aromatic nitrogens is 2. The van der Waals surface area contributed by atoms with Gasteiger partial charge in [-0.2, -0.15) is 4.98 Å². The van der Waals surface area contributed by atoms with Crippen LogP contribution < -0.4 is 5.32 Å². The second-order valence-corrected chi connectivity index (χ2v) is 10.3. The van der Waals surface area contributed by atoms with Crippen molar-refractivity contribution in [2.24, 2.45) is 0 Å². The number of nitrogens with zero attached hydrogens (tertiary/aromatic N) is 2. The van der Waals surface area contributed by atoms with Crippen molar-refractivity contribution in [1.29, 1.82) is 0 Å². The van der Waals surface area contributed by atoms with Crippen LogP contribution in [0.1, 0.15) is 47.8 Å². The number of amides is 1. The Kier molecular flexibility index (Phi) is 6.79. The van der Waals surface area contributed by atoms with Gasteiger partial charge in [0.15, 0.2) is 0 Å². The van der Waals surface area contributed by atoms with Gasteiger partial charge >= 0.3 is 0 Å². The molecule has 1 aromatic heterocycles. The smallest absolute Gasteiger partial charge is 0.227 e. The van der Waals surface area contributed by atoms with Crippen molar-refractivity contribution in [3.63, 3.8) is 0 Å². The maximum atomic E-state index is 12.4. The molecule has 0 aliphatic carbocycles. The number of hydrogen-bond acceptors (Lipinski definition) is 6. The molecule has 3 aromatic rings. The van der Waals surface area contributed by atoms with Crippen LogP contribution in [-0.4, -0.2) is 27.6 Å². The number of rotatable bonds is 7. The Bertz CT molecular complexity index is 996. The second kappa shape index (κ2) is 9.71. The Morgan fingerprint density at radius 2 is 1.93 bits per heavy atom.